The number of H-pyrrole nitrogens is 1. The summed E-state index contributed by atoms with van der Waals surface area (Å²) in [6, 6.07) is 5.60. The van der Waals surface area contributed by atoms with Crippen LogP contribution in [0.2, 0.25) is 0 Å². The number of pyridine rings is 1. The average molecular weight is 548 g/mol. The SMILES string of the molecule is COc1cc2cc(CN(CCCN3CCOCC3)C(=S)NCCCN3CCOCC3)c(=O)[nH]c2cc1OC. The summed E-state index contributed by atoms with van der Waals surface area (Å²) < 4.78 is 21.8. The summed E-state index contributed by atoms with van der Waals surface area (Å²) in [5.74, 6) is 1.20. The molecule has 2 aromatic rings. The van der Waals surface area contributed by atoms with Crippen molar-refractivity contribution in [2.45, 2.75) is 19.4 Å². The van der Waals surface area contributed by atoms with Crippen molar-refractivity contribution >= 4 is 28.2 Å². The number of aromatic nitrogens is 1. The third-order valence-corrected chi connectivity index (χ3v) is 7.51. The third-order valence-electron chi connectivity index (χ3n) is 7.11. The lowest BCUT2D eigenvalue weighted by Gasteiger charge is -2.30. The van der Waals surface area contributed by atoms with Crippen molar-refractivity contribution in [2.24, 2.45) is 0 Å². The topological polar surface area (TPSA) is 91.5 Å². The summed E-state index contributed by atoms with van der Waals surface area (Å²) in [6.45, 7) is 11.1. The zero-order valence-electron chi connectivity index (χ0n) is 22.6. The molecule has 2 fully saturated rings. The standard InChI is InChI=1S/C27H41N5O5S/c1-34-24-18-21-17-22(26(33)29-23(21)19-25(24)35-2)20-32(8-4-7-31-11-15-37-16-12-31)27(38)28-5-3-6-30-9-13-36-14-10-30/h17-19H,3-16,20H2,1-2H3,(H,28,38)(H,29,33). The van der Waals surface area contributed by atoms with E-state index in [1.165, 1.54) is 0 Å². The van der Waals surface area contributed by atoms with E-state index in [0.717, 1.165) is 97.0 Å². The number of aromatic amines is 1. The molecule has 2 aliphatic heterocycles. The summed E-state index contributed by atoms with van der Waals surface area (Å²) in [5, 5.41) is 5.00. The van der Waals surface area contributed by atoms with Crippen molar-refractivity contribution in [3.63, 3.8) is 0 Å². The lowest BCUT2D eigenvalue weighted by Crippen LogP contribution is -2.43. The van der Waals surface area contributed by atoms with Crippen molar-refractivity contribution in [1.82, 2.24) is 25.0 Å². The molecule has 0 saturated carbocycles. The maximum atomic E-state index is 13.0. The smallest absolute Gasteiger partial charge is 0.253 e. The first-order chi connectivity index (χ1) is 18.6. The highest BCUT2D eigenvalue weighted by atomic mass is 32.1. The Morgan fingerprint density at radius 1 is 0.974 bits per heavy atom. The first kappa shape index (κ1) is 28.6. The molecule has 38 heavy (non-hydrogen) atoms. The summed E-state index contributed by atoms with van der Waals surface area (Å²) in [6.07, 6.45) is 1.95. The van der Waals surface area contributed by atoms with Gasteiger partial charge in [0.1, 0.15) is 0 Å². The first-order valence-electron chi connectivity index (χ1n) is 13.5. The van der Waals surface area contributed by atoms with Gasteiger partial charge in [0, 0.05) is 62.8 Å². The van der Waals surface area contributed by atoms with Crippen molar-refractivity contribution in [3.05, 3.63) is 34.1 Å². The molecule has 0 bridgehead atoms. The molecule has 0 atom stereocenters. The van der Waals surface area contributed by atoms with Crippen LogP contribution in [-0.4, -0.2) is 118 Å². The molecule has 10 nitrogen and oxygen atoms in total. The number of hydrogen-bond donors (Lipinski definition) is 2. The lowest BCUT2D eigenvalue weighted by atomic mass is 10.1. The van der Waals surface area contributed by atoms with E-state index in [4.69, 9.17) is 31.2 Å². The van der Waals surface area contributed by atoms with E-state index >= 15 is 0 Å². The maximum absolute atomic E-state index is 13.0. The number of morpholine rings is 2. The van der Waals surface area contributed by atoms with Gasteiger partial charge < -0.3 is 34.1 Å². The Hall–Kier alpha value is -2.44. The molecule has 0 spiro atoms. The fourth-order valence-corrected chi connectivity index (χ4v) is 5.16. The van der Waals surface area contributed by atoms with Gasteiger partial charge in [-0.1, -0.05) is 0 Å². The van der Waals surface area contributed by atoms with E-state index in [0.29, 0.717) is 34.2 Å². The summed E-state index contributed by atoms with van der Waals surface area (Å²) >= 11 is 5.82. The van der Waals surface area contributed by atoms with Gasteiger partial charge in [0.25, 0.3) is 5.56 Å². The monoisotopic (exact) mass is 547 g/mol. The van der Waals surface area contributed by atoms with Crippen LogP contribution in [0.5, 0.6) is 11.5 Å². The van der Waals surface area contributed by atoms with E-state index in [1.54, 1.807) is 20.3 Å². The van der Waals surface area contributed by atoms with Crippen LogP contribution in [0.1, 0.15) is 18.4 Å². The van der Waals surface area contributed by atoms with Crippen molar-refractivity contribution in [3.8, 4) is 11.5 Å². The molecule has 3 heterocycles. The van der Waals surface area contributed by atoms with Gasteiger partial charge in [0.2, 0.25) is 0 Å². The summed E-state index contributed by atoms with van der Waals surface area (Å²) in [4.78, 5) is 23.0. The van der Waals surface area contributed by atoms with E-state index in [9.17, 15) is 4.79 Å². The second kappa shape index (κ2) is 14.6. The summed E-state index contributed by atoms with van der Waals surface area (Å²) in [7, 11) is 3.19. The molecule has 4 rings (SSSR count). The molecule has 0 unspecified atom stereocenters. The van der Waals surface area contributed by atoms with Gasteiger partial charge >= 0.3 is 0 Å². The molecule has 1 aromatic heterocycles. The first-order valence-corrected chi connectivity index (χ1v) is 13.9. The van der Waals surface area contributed by atoms with Crippen LogP contribution in [0.15, 0.2) is 23.0 Å². The minimum absolute atomic E-state index is 0.127. The van der Waals surface area contributed by atoms with Gasteiger partial charge in [-0.05, 0) is 43.7 Å². The van der Waals surface area contributed by atoms with E-state index in [-0.39, 0.29) is 5.56 Å². The Morgan fingerprint density at radius 3 is 2.21 bits per heavy atom. The van der Waals surface area contributed by atoms with Crippen LogP contribution >= 0.6 is 12.2 Å². The lowest BCUT2D eigenvalue weighted by molar-refractivity contribution is 0.0367. The number of benzene rings is 1. The van der Waals surface area contributed by atoms with Crippen LogP contribution in [0.4, 0.5) is 0 Å². The number of rotatable bonds is 12. The number of thiocarbonyl (C=S) groups is 1. The number of nitrogens with one attached hydrogen (secondary N) is 2. The molecular formula is C27H41N5O5S. The fraction of sp³-hybridized carbons (Fsp3) is 0.630. The van der Waals surface area contributed by atoms with Gasteiger partial charge in [0.05, 0.1) is 52.7 Å². The predicted octanol–water partition coefficient (Wildman–Crippen LogP) is 1.67. The Kier molecular flexibility index (Phi) is 11.0. The minimum Gasteiger partial charge on any atom is -0.493 e. The molecule has 2 N–H and O–H groups in total. The highest BCUT2D eigenvalue weighted by Crippen LogP contribution is 2.31. The van der Waals surface area contributed by atoms with Crippen LogP contribution in [0, 0.1) is 0 Å². The van der Waals surface area contributed by atoms with E-state index < -0.39 is 0 Å². The molecule has 11 heteroatoms. The quantitative estimate of drug-likeness (QED) is 0.302. The summed E-state index contributed by atoms with van der Waals surface area (Å²) in [5.41, 5.74) is 1.24. The molecule has 2 saturated heterocycles. The predicted molar refractivity (Wildman–Crippen MR) is 152 cm³/mol. The molecule has 2 aliphatic rings. The van der Waals surface area contributed by atoms with Crippen molar-refractivity contribution in [2.75, 3.05) is 93.0 Å². The normalized spacial score (nSPS) is 16.9. The second-order valence-electron chi connectivity index (χ2n) is 9.69. The third kappa shape index (κ3) is 8.03. The van der Waals surface area contributed by atoms with Crippen LogP contribution in [-0.2, 0) is 16.0 Å². The zero-order valence-corrected chi connectivity index (χ0v) is 23.4. The fourth-order valence-electron chi connectivity index (χ4n) is 4.90. The highest BCUT2D eigenvalue weighted by Gasteiger charge is 2.17. The highest BCUT2D eigenvalue weighted by molar-refractivity contribution is 7.80. The van der Waals surface area contributed by atoms with Gasteiger partial charge in [-0.2, -0.15) is 0 Å². The molecule has 1 aromatic carbocycles. The zero-order chi connectivity index (χ0) is 26.7. The minimum atomic E-state index is -0.127. The maximum Gasteiger partial charge on any atom is 0.253 e. The van der Waals surface area contributed by atoms with Crippen LogP contribution < -0.4 is 20.3 Å². The van der Waals surface area contributed by atoms with E-state index in [1.807, 2.05) is 12.1 Å². The average Bonchev–Trinajstić information content (AvgIpc) is 2.95. The van der Waals surface area contributed by atoms with Crippen molar-refractivity contribution < 1.29 is 18.9 Å². The number of hydrogen-bond acceptors (Lipinski definition) is 8. The largest absolute Gasteiger partial charge is 0.493 e. The molecule has 210 valence electrons. The number of nitrogens with zero attached hydrogens (tertiary/aromatic N) is 3. The number of ether oxygens (including phenoxy) is 4. The van der Waals surface area contributed by atoms with Gasteiger partial charge in [-0.15, -0.1) is 0 Å². The van der Waals surface area contributed by atoms with Crippen LogP contribution in [0.3, 0.4) is 0 Å². The molecule has 0 radical (unpaired) electrons. The Bertz CT molecular complexity index is 1100. The Morgan fingerprint density at radius 2 is 1.58 bits per heavy atom. The van der Waals surface area contributed by atoms with E-state index in [2.05, 4.69) is 25.0 Å². The number of fused-ring (bicyclic) bond motifs is 1. The Labute approximate surface area is 230 Å². The van der Waals surface area contributed by atoms with Gasteiger partial charge in [0.15, 0.2) is 16.6 Å². The molecule has 0 amide bonds. The van der Waals surface area contributed by atoms with Gasteiger partial charge in [-0.3, -0.25) is 14.6 Å². The molecule has 0 aliphatic carbocycles. The Balaban J connectivity index is 1.42. The second-order valence-corrected chi connectivity index (χ2v) is 10.1. The van der Waals surface area contributed by atoms with Gasteiger partial charge in [-0.25, -0.2) is 0 Å². The van der Waals surface area contributed by atoms with Crippen LogP contribution in [0.25, 0.3) is 10.9 Å². The van der Waals surface area contributed by atoms with Crippen molar-refractivity contribution in [1.29, 1.82) is 0 Å². The number of methoxy groups -OCH3 is 2. The molecular weight excluding hydrogens is 506 g/mol.